The summed E-state index contributed by atoms with van der Waals surface area (Å²) in [5, 5.41) is 11.5. The quantitative estimate of drug-likeness (QED) is 0.639. The highest BCUT2D eigenvalue weighted by Crippen LogP contribution is 2.26. The molecule has 0 unspecified atom stereocenters. The van der Waals surface area contributed by atoms with Gasteiger partial charge in [-0.3, -0.25) is 4.98 Å². The first kappa shape index (κ1) is 7.10. The molecule has 0 fully saturated rings. The highest BCUT2D eigenvalue weighted by atomic mass is 16.3. The van der Waals surface area contributed by atoms with Crippen LogP contribution in [0.5, 0.6) is 5.75 Å². The second kappa shape index (κ2) is 2.48. The minimum Gasteiger partial charge on any atom is -0.507 e. The van der Waals surface area contributed by atoms with Gasteiger partial charge in [0, 0.05) is 23.2 Å². The van der Waals surface area contributed by atoms with E-state index < -0.39 is 0 Å². The molecule has 0 aliphatic heterocycles. The summed E-state index contributed by atoms with van der Waals surface area (Å²) in [5.41, 5.74) is 0.897. The van der Waals surface area contributed by atoms with Crippen LogP contribution in [0.4, 0.5) is 0 Å². The molecule has 2 heteroatoms. The molecule has 0 spiro atoms. The molecule has 2 rings (SSSR count). The van der Waals surface area contributed by atoms with Crippen LogP contribution < -0.4 is 0 Å². The lowest BCUT2D eigenvalue weighted by Gasteiger charge is -2.02. The van der Waals surface area contributed by atoms with E-state index in [2.05, 4.69) is 4.98 Å². The maximum Gasteiger partial charge on any atom is 0.126 e. The summed E-state index contributed by atoms with van der Waals surface area (Å²) in [6.07, 6.45) is 3.43. The van der Waals surface area contributed by atoms with E-state index in [9.17, 15) is 5.11 Å². The molecule has 12 heavy (non-hydrogen) atoms. The van der Waals surface area contributed by atoms with Crippen LogP contribution in [0.15, 0.2) is 30.6 Å². The molecule has 1 N–H and O–H groups in total. The third-order valence-corrected chi connectivity index (χ3v) is 1.99. The number of phenols is 1. The van der Waals surface area contributed by atoms with E-state index in [1.165, 1.54) is 0 Å². The van der Waals surface area contributed by atoms with Crippen molar-refractivity contribution in [1.82, 2.24) is 4.98 Å². The van der Waals surface area contributed by atoms with Crippen LogP contribution in [0, 0.1) is 6.92 Å². The van der Waals surface area contributed by atoms with Crippen molar-refractivity contribution in [3.05, 3.63) is 36.2 Å². The number of aryl methyl sites for hydroxylation is 1. The summed E-state index contributed by atoms with van der Waals surface area (Å²) >= 11 is 0. The third-order valence-electron chi connectivity index (χ3n) is 1.99. The van der Waals surface area contributed by atoms with Crippen molar-refractivity contribution in [3.8, 4) is 5.75 Å². The van der Waals surface area contributed by atoms with Crippen LogP contribution >= 0.6 is 0 Å². The van der Waals surface area contributed by atoms with E-state index in [1.807, 2.05) is 25.1 Å². The van der Waals surface area contributed by atoms with Crippen LogP contribution in [-0.2, 0) is 0 Å². The van der Waals surface area contributed by atoms with Gasteiger partial charge in [0.05, 0.1) is 0 Å². The largest absolute Gasteiger partial charge is 0.507 e. The highest BCUT2D eigenvalue weighted by molar-refractivity contribution is 5.88. The van der Waals surface area contributed by atoms with Crippen molar-refractivity contribution in [3.63, 3.8) is 0 Å². The first-order chi connectivity index (χ1) is 5.79. The Bertz CT molecular complexity index is 423. The number of benzene rings is 1. The normalized spacial score (nSPS) is 10.4. The Morgan fingerprint density at radius 3 is 2.92 bits per heavy atom. The number of nitrogens with zero attached hydrogens (tertiary/aromatic N) is 1. The van der Waals surface area contributed by atoms with E-state index in [0.29, 0.717) is 5.75 Å². The summed E-state index contributed by atoms with van der Waals surface area (Å²) < 4.78 is 0. The topological polar surface area (TPSA) is 33.1 Å². The molecule has 1 heterocycles. The molecule has 0 atom stereocenters. The van der Waals surface area contributed by atoms with Gasteiger partial charge in [-0.2, -0.15) is 0 Å². The average molecular weight is 159 g/mol. The molecule has 2 nitrogen and oxygen atoms in total. The zero-order valence-electron chi connectivity index (χ0n) is 6.78. The minimum atomic E-state index is 0.356. The first-order valence-electron chi connectivity index (χ1n) is 3.81. The van der Waals surface area contributed by atoms with Gasteiger partial charge in [0.1, 0.15) is 5.75 Å². The third kappa shape index (κ3) is 0.925. The Morgan fingerprint density at radius 1 is 1.25 bits per heavy atom. The zero-order chi connectivity index (χ0) is 8.55. The molecule has 0 saturated carbocycles. The lowest BCUT2D eigenvalue weighted by molar-refractivity contribution is 0.477. The van der Waals surface area contributed by atoms with Crippen LogP contribution in [0.1, 0.15) is 5.56 Å². The summed E-state index contributed by atoms with van der Waals surface area (Å²) in [4.78, 5) is 3.97. The molecular formula is C10H9NO. The van der Waals surface area contributed by atoms with E-state index in [4.69, 9.17) is 0 Å². The van der Waals surface area contributed by atoms with Crippen molar-refractivity contribution < 1.29 is 5.11 Å². The van der Waals surface area contributed by atoms with Gasteiger partial charge in [0.2, 0.25) is 0 Å². The summed E-state index contributed by atoms with van der Waals surface area (Å²) in [6, 6.07) is 5.66. The number of pyridine rings is 1. The standard InChI is InChI=1S/C10H9NO/c1-7-2-3-8-6-11-5-4-9(8)10(7)12/h2-6,12H,1H3. The molecule has 2 aromatic rings. The van der Waals surface area contributed by atoms with Crippen molar-refractivity contribution in [2.45, 2.75) is 6.92 Å². The van der Waals surface area contributed by atoms with Crippen LogP contribution in [0.25, 0.3) is 10.8 Å². The molecule has 0 bridgehead atoms. The number of rotatable bonds is 0. The van der Waals surface area contributed by atoms with E-state index in [1.54, 1.807) is 12.4 Å². The second-order valence-electron chi connectivity index (χ2n) is 2.83. The van der Waals surface area contributed by atoms with Crippen molar-refractivity contribution in [2.75, 3.05) is 0 Å². The fourth-order valence-electron chi connectivity index (χ4n) is 1.26. The average Bonchev–Trinajstić information content (AvgIpc) is 2.12. The van der Waals surface area contributed by atoms with Gasteiger partial charge in [0.25, 0.3) is 0 Å². The van der Waals surface area contributed by atoms with Crippen molar-refractivity contribution in [1.29, 1.82) is 0 Å². The molecular weight excluding hydrogens is 150 g/mol. The molecule has 1 aromatic heterocycles. The van der Waals surface area contributed by atoms with Crippen LogP contribution in [0.2, 0.25) is 0 Å². The van der Waals surface area contributed by atoms with E-state index in [-0.39, 0.29) is 0 Å². The summed E-state index contributed by atoms with van der Waals surface area (Å²) in [6.45, 7) is 1.88. The predicted octanol–water partition coefficient (Wildman–Crippen LogP) is 2.25. The van der Waals surface area contributed by atoms with Crippen LogP contribution in [0.3, 0.4) is 0 Å². The number of fused-ring (bicyclic) bond motifs is 1. The zero-order valence-corrected chi connectivity index (χ0v) is 6.78. The second-order valence-corrected chi connectivity index (χ2v) is 2.83. The Morgan fingerprint density at radius 2 is 2.08 bits per heavy atom. The molecule has 0 radical (unpaired) electrons. The maximum absolute atomic E-state index is 9.63. The van der Waals surface area contributed by atoms with Gasteiger partial charge < -0.3 is 5.11 Å². The lowest BCUT2D eigenvalue weighted by Crippen LogP contribution is -1.79. The van der Waals surface area contributed by atoms with E-state index in [0.717, 1.165) is 16.3 Å². The minimum absolute atomic E-state index is 0.356. The van der Waals surface area contributed by atoms with Gasteiger partial charge >= 0.3 is 0 Å². The van der Waals surface area contributed by atoms with Gasteiger partial charge in [-0.25, -0.2) is 0 Å². The fourth-order valence-corrected chi connectivity index (χ4v) is 1.26. The first-order valence-corrected chi connectivity index (χ1v) is 3.81. The number of phenolic OH excluding ortho intramolecular Hbond substituents is 1. The van der Waals surface area contributed by atoms with Crippen molar-refractivity contribution in [2.24, 2.45) is 0 Å². The number of hydrogen-bond acceptors (Lipinski definition) is 2. The number of hydrogen-bond donors (Lipinski definition) is 1. The molecule has 0 aliphatic rings. The van der Waals surface area contributed by atoms with Crippen LogP contribution in [-0.4, -0.2) is 10.1 Å². The van der Waals surface area contributed by atoms with Gasteiger partial charge in [-0.1, -0.05) is 12.1 Å². The van der Waals surface area contributed by atoms with Gasteiger partial charge in [-0.15, -0.1) is 0 Å². The van der Waals surface area contributed by atoms with Gasteiger partial charge in [-0.05, 0) is 18.6 Å². The Kier molecular flexibility index (Phi) is 1.47. The molecule has 60 valence electrons. The lowest BCUT2D eigenvalue weighted by atomic mass is 10.1. The number of aromatic nitrogens is 1. The highest BCUT2D eigenvalue weighted by Gasteiger charge is 2.00. The molecule has 0 saturated heterocycles. The Balaban J connectivity index is 2.91. The Hall–Kier alpha value is -1.57. The molecule has 1 aromatic carbocycles. The van der Waals surface area contributed by atoms with Gasteiger partial charge in [0.15, 0.2) is 0 Å². The molecule has 0 amide bonds. The maximum atomic E-state index is 9.63. The SMILES string of the molecule is Cc1ccc2cnccc2c1O. The number of aromatic hydroxyl groups is 1. The predicted molar refractivity (Wildman–Crippen MR) is 48.1 cm³/mol. The Labute approximate surface area is 70.5 Å². The molecule has 0 aliphatic carbocycles. The summed E-state index contributed by atoms with van der Waals surface area (Å²) in [5.74, 6) is 0.356. The smallest absolute Gasteiger partial charge is 0.126 e. The van der Waals surface area contributed by atoms with E-state index >= 15 is 0 Å². The summed E-state index contributed by atoms with van der Waals surface area (Å²) in [7, 11) is 0. The monoisotopic (exact) mass is 159 g/mol. The van der Waals surface area contributed by atoms with Crippen molar-refractivity contribution >= 4 is 10.8 Å². The fraction of sp³-hybridized carbons (Fsp3) is 0.100.